The van der Waals surface area contributed by atoms with Crippen molar-refractivity contribution in [2.24, 2.45) is 0 Å². The van der Waals surface area contributed by atoms with Gasteiger partial charge in [0.2, 0.25) is 0 Å². The summed E-state index contributed by atoms with van der Waals surface area (Å²) in [5.41, 5.74) is 0.965. The molecule has 1 rings (SSSR count). The summed E-state index contributed by atoms with van der Waals surface area (Å²) in [5.74, 6) is 0.748. The molecule has 0 heterocycles. The fourth-order valence-electron chi connectivity index (χ4n) is 1.52. The van der Waals surface area contributed by atoms with Crippen molar-refractivity contribution in [3.8, 4) is 5.75 Å². The van der Waals surface area contributed by atoms with Crippen molar-refractivity contribution >= 4 is 6.09 Å². The van der Waals surface area contributed by atoms with Crippen molar-refractivity contribution in [1.82, 2.24) is 5.32 Å². The lowest BCUT2D eigenvalue weighted by Gasteiger charge is -2.11. The molecule has 0 radical (unpaired) electrons. The summed E-state index contributed by atoms with van der Waals surface area (Å²) >= 11 is 0. The molecular weight excluding hydrogens is 222 g/mol. The maximum atomic E-state index is 10.2. The highest BCUT2D eigenvalue weighted by molar-refractivity contribution is 5.64. The van der Waals surface area contributed by atoms with Gasteiger partial charge in [0.05, 0.1) is 13.2 Å². The second-order valence-electron chi connectivity index (χ2n) is 3.73. The Morgan fingerprint density at radius 2 is 2.29 bits per heavy atom. The molecular formula is C12H17NO4. The first-order chi connectivity index (χ1) is 8.11. The Morgan fingerprint density at radius 1 is 1.53 bits per heavy atom. The zero-order valence-electron chi connectivity index (χ0n) is 9.72. The lowest BCUT2D eigenvalue weighted by molar-refractivity contribution is 0.160. The van der Waals surface area contributed by atoms with Gasteiger partial charge in [-0.15, -0.1) is 0 Å². The van der Waals surface area contributed by atoms with Crippen LogP contribution >= 0.6 is 0 Å². The molecule has 1 atom stereocenters. The van der Waals surface area contributed by atoms with E-state index in [1.807, 2.05) is 24.3 Å². The zero-order chi connectivity index (χ0) is 12.7. The number of aliphatic hydroxyl groups is 1. The maximum absolute atomic E-state index is 10.2. The van der Waals surface area contributed by atoms with Gasteiger partial charge in [0.1, 0.15) is 5.75 Å². The molecule has 0 aliphatic carbocycles. The molecule has 0 saturated heterocycles. The molecule has 5 heteroatoms. The quantitative estimate of drug-likeness (QED) is 0.698. The fourth-order valence-corrected chi connectivity index (χ4v) is 1.52. The van der Waals surface area contributed by atoms with Crippen LogP contribution in [0.3, 0.4) is 0 Å². The zero-order valence-corrected chi connectivity index (χ0v) is 9.72. The van der Waals surface area contributed by atoms with E-state index in [0.717, 1.165) is 11.3 Å². The van der Waals surface area contributed by atoms with E-state index in [1.54, 1.807) is 7.11 Å². The van der Waals surface area contributed by atoms with E-state index < -0.39 is 12.2 Å². The number of nitrogens with one attached hydrogen (secondary N) is 1. The summed E-state index contributed by atoms with van der Waals surface area (Å²) in [6.07, 6.45) is -0.755. The summed E-state index contributed by atoms with van der Waals surface area (Å²) < 4.78 is 5.08. The predicted molar refractivity (Wildman–Crippen MR) is 63.3 cm³/mol. The summed E-state index contributed by atoms with van der Waals surface area (Å²) in [7, 11) is 1.59. The molecule has 17 heavy (non-hydrogen) atoms. The number of hydrogen-bond donors (Lipinski definition) is 3. The summed E-state index contributed by atoms with van der Waals surface area (Å²) in [5, 5.41) is 20.3. The molecule has 5 nitrogen and oxygen atoms in total. The number of aliphatic hydroxyl groups excluding tert-OH is 1. The molecule has 94 valence electrons. The van der Waals surface area contributed by atoms with Gasteiger partial charge < -0.3 is 20.3 Å². The van der Waals surface area contributed by atoms with Crippen LogP contribution in [0, 0.1) is 0 Å². The Labute approximate surface area is 100 Å². The number of methoxy groups -OCH3 is 1. The predicted octanol–water partition coefficient (Wildman–Crippen LogP) is 1.26. The lowest BCUT2D eigenvalue weighted by atomic mass is 10.1. The second-order valence-corrected chi connectivity index (χ2v) is 3.73. The fraction of sp³-hybridized carbons (Fsp3) is 0.417. The Balaban J connectivity index is 2.38. The lowest BCUT2D eigenvalue weighted by Crippen LogP contribution is -2.26. The summed E-state index contributed by atoms with van der Waals surface area (Å²) in [6, 6.07) is 7.45. The third kappa shape index (κ3) is 5.21. The van der Waals surface area contributed by atoms with Crippen LogP contribution in [0.25, 0.3) is 0 Å². The van der Waals surface area contributed by atoms with E-state index in [-0.39, 0.29) is 6.54 Å². The average Bonchev–Trinajstić information content (AvgIpc) is 2.28. The standard InChI is InChI=1S/C12H17NO4/c1-17-11-4-2-3-9(8-11)7-10(14)5-6-13-12(15)16/h2-4,8,10,13-14H,5-7H2,1H3,(H,15,16). The van der Waals surface area contributed by atoms with Gasteiger partial charge in [-0.1, -0.05) is 12.1 Å². The van der Waals surface area contributed by atoms with E-state index in [0.29, 0.717) is 12.8 Å². The molecule has 0 fully saturated rings. The third-order valence-corrected chi connectivity index (χ3v) is 2.36. The van der Waals surface area contributed by atoms with Gasteiger partial charge in [-0.05, 0) is 30.5 Å². The van der Waals surface area contributed by atoms with Crippen LogP contribution in [-0.2, 0) is 6.42 Å². The number of benzene rings is 1. The monoisotopic (exact) mass is 239 g/mol. The Hall–Kier alpha value is -1.75. The molecule has 0 aromatic heterocycles. The minimum Gasteiger partial charge on any atom is -0.497 e. The Morgan fingerprint density at radius 3 is 2.94 bits per heavy atom. The van der Waals surface area contributed by atoms with Crippen molar-refractivity contribution in [3.05, 3.63) is 29.8 Å². The van der Waals surface area contributed by atoms with Crippen molar-refractivity contribution in [1.29, 1.82) is 0 Å². The second kappa shape index (κ2) is 6.75. The van der Waals surface area contributed by atoms with Crippen LogP contribution in [0.1, 0.15) is 12.0 Å². The van der Waals surface area contributed by atoms with Gasteiger partial charge in [0, 0.05) is 6.54 Å². The van der Waals surface area contributed by atoms with E-state index in [2.05, 4.69) is 5.32 Å². The van der Waals surface area contributed by atoms with Gasteiger partial charge in [-0.2, -0.15) is 0 Å². The highest BCUT2D eigenvalue weighted by Crippen LogP contribution is 2.14. The summed E-state index contributed by atoms with van der Waals surface area (Å²) in [4.78, 5) is 10.2. The van der Waals surface area contributed by atoms with Gasteiger partial charge >= 0.3 is 6.09 Å². The number of hydrogen-bond acceptors (Lipinski definition) is 3. The number of rotatable bonds is 6. The van der Waals surface area contributed by atoms with Crippen molar-refractivity contribution in [2.75, 3.05) is 13.7 Å². The molecule has 1 unspecified atom stereocenters. The summed E-state index contributed by atoms with van der Waals surface area (Å²) in [6.45, 7) is 0.250. The largest absolute Gasteiger partial charge is 0.497 e. The number of carbonyl (C=O) groups is 1. The van der Waals surface area contributed by atoms with E-state index in [9.17, 15) is 9.90 Å². The van der Waals surface area contributed by atoms with Crippen molar-refractivity contribution in [2.45, 2.75) is 18.9 Å². The molecule has 1 amide bonds. The molecule has 3 N–H and O–H groups in total. The topological polar surface area (TPSA) is 78.8 Å². The van der Waals surface area contributed by atoms with Crippen LogP contribution < -0.4 is 10.1 Å². The average molecular weight is 239 g/mol. The van der Waals surface area contributed by atoms with E-state index >= 15 is 0 Å². The van der Waals surface area contributed by atoms with Crippen LogP contribution in [0.5, 0.6) is 5.75 Å². The first-order valence-electron chi connectivity index (χ1n) is 5.39. The van der Waals surface area contributed by atoms with Gasteiger partial charge in [0.25, 0.3) is 0 Å². The Kier molecular flexibility index (Phi) is 5.29. The maximum Gasteiger partial charge on any atom is 0.404 e. The smallest absolute Gasteiger partial charge is 0.404 e. The van der Waals surface area contributed by atoms with Gasteiger partial charge in [0.15, 0.2) is 0 Å². The van der Waals surface area contributed by atoms with Crippen LogP contribution in [0.4, 0.5) is 4.79 Å². The first kappa shape index (κ1) is 13.3. The van der Waals surface area contributed by atoms with Crippen LogP contribution in [-0.4, -0.2) is 36.1 Å². The van der Waals surface area contributed by atoms with Gasteiger partial charge in [-0.25, -0.2) is 4.79 Å². The molecule has 1 aromatic carbocycles. The van der Waals surface area contributed by atoms with Crippen molar-refractivity contribution in [3.63, 3.8) is 0 Å². The Bertz CT molecular complexity index is 367. The molecule has 1 aromatic rings. The van der Waals surface area contributed by atoms with Gasteiger partial charge in [-0.3, -0.25) is 0 Å². The number of carboxylic acid groups (broad SMARTS) is 1. The molecule has 0 spiro atoms. The number of amides is 1. The molecule has 0 saturated carbocycles. The molecule has 0 aliphatic heterocycles. The van der Waals surface area contributed by atoms with Crippen LogP contribution in [0.15, 0.2) is 24.3 Å². The third-order valence-electron chi connectivity index (χ3n) is 2.36. The normalized spacial score (nSPS) is 11.9. The molecule has 0 bridgehead atoms. The first-order valence-corrected chi connectivity index (χ1v) is 5.39. The minimum atomic E-state index is -1.07. The minimum absolute atomic E-state index is 0.250. The SMILES string of the molecule is COc1cccc(CC(O)CCNC(=O)O)c1. The number of ether oxygens (including phenoxy) is 1. The van der Waals surface area contributed by atoms with E-state index in [4.69, 9.17) is 9.84 Å². The highest BCUT2D eigenvalue weighted by atomic mass is 16.5. The van der Waals surface area contributed by atoms with Crippen molar-refractivity contribution < 1.29 is 19.7 Å². The highest BCUT2D eigenvalue weighted by Gasteiger charge is 2.07. The van der Waals surface area contributed by atoms with Crippen LogP contribution in [0.2, 0.25) is 0 Å². The molecule has 0 aliphatic rings. The van der Waals surface area contributed by atoms with E-state index in [1.165, 1.54) is 0 Å².